The summed E-state index contributed by atoms with van der Waals surface area (Å²) in [4.78, 5) is 12.0. The minimum Gasteiger partial charge on any atom is -0.326 e. The fraction of sp³-hybridized carbons (Fsp3) is 0.467. The van der Waals surface area contributed by atoms with Crippen molar-refractivity contribution in [1.29, 1.82) is 0 Å². The molecule has 0 saturated carbocycles. The van der Waals surface area contributed by atoms with Gasteiger partial charge in [0, 0.05) is 17.5 Å². The Bertz CT molecular complexity index is 586. The van der Waals surface area contributed by atoms with Gasteiger partial charge in [-0.1, -0.05) is 0 Å². The van der Waals surface area contributed by atoms with Crippen molar-refractivity contribution in [2.75, 3.05) is 18.4 Å². The van der Waals surface area contributed by atoms with Crippen LogP contribution in [0, 0.1) is 5.92 Å². The van der Waals surface area contributed by atoms with Gasteiger partial charge >= 0.3 is 0 Å². The molecule has 0 spiro atoms. The van der Waals surface area contributed by atoms with Crippen molar-refractivity contribution in [2.24, 2.45) is 5.92 Å². The molecule has 1 aliphatic rings. The van der Waals surface area contributed by atoms with Gasteiger partial charge in [-0.05, 0) is 56.5 Å². The van der Waals surface area contributed by atoms with Gasteiger partial charge in [-0.15, -0.1) is 0 Å². The van der Waals surface area contributed by atoms with Gasteiger partial charge in [0.05, 0.1) is 11.7 Å². The number of H-pyrrole nitrogens is 1. The first-order valence-corrected chi connectivity index (χ1v) is 7.25. The van der Waals surface area contributed by atoms with Crippen LogP contribution in [0.2, 0.25) is 0 Å². The Kier molecular flexibility index (Phi) is 3.97. The van der Waals surface area contributed by atoms with E-state index in [0.717, 1.165) is 36.1 Å². The van der Waals surface area contributed by atoms with Gasteiger partial charge < -0.3 is 10.6 Å². The normalized spacial score (nSPS) is 16.4. The lowest BCUT2D eigenvalue weighted by molar-refractivity contribution is -0.116. The molecule has 0 atom stereocenters. The second-order valence-corrected chi connectivity index (χ2v) is 5.45. The maximum absolute atomic E-state index is 12.0. The number of benzene rings is 1. The summed E-state index contributed by atoms with van der Waals surface area (Å²) in [6.07, 6.45) is 5.73. The average Bonchev–Trinajstić information content (AvgIpc) is 2.94. The lowest BCUT2D eigenvalue weighted by Gasteiger charge is -2.22. The molecule has 1 aromatic heterocycles. The van der Waals surface area contributed by atoms with Crippen LogP contribution < -0.4 is 10.6 Å². The van der Waals surface area contributed by atoms with E-state index < -0.39 is 0 Å². The third kappa shape index (κ3) is 3.17. The van der Waals surface area contributed by atoms with Crippen LogP contribution in [-0.4, -0.2) is 29.2 Å². The van der Waals surface area contributed by atoms with Crippen LogP contribution in [0.1, 0.15) is 25.7 Å². The molecule has 2 aromatic rings. The summed E-state index contributed by atoms with van der Waals surface area (Å²) in [5.74, 6) is 0.796. The number of nitrogens with zero attached hydrogens (tertiary/aromatic N) is 1. The first-order valence-electron chi connectivity index (χ1n) is 7.25. The molecule has 106 valence electrons. The number of aromatic nitrogens is 2. The van der Waals surface area contributed by atoms with E-state index >= 15 is 0 Å². The zero-order valence-corrected chi connectivity index (χ0v) is 11.5. The highest BCUT2D eigenvalue weighted by molar-refractivity contribution is 5.93. The number of anilines is 1. The zero-order chi connectivity index (χ0) is 13.8. The number of fused-ring (bicyclic) bond motifs is 1. The number of piperidine rings is 1. The van der Waals surface area contributed by atoms with Crippen molar-refractivity contribution in [3.05, 3.63) is 24.4 Å². The molecule has 0 bridgehead atoms. The maximum atomic E-state index is 12.0. The number of nitrogens with one attached hydrogen (secondary N) is 3. The lowest BCUT2D eigenvalue weighted by atomic mass is 9.93. The van der Waals surface area contributed by atoms with Crippen molar-refractivity contribution in [3.63, 3.8) is 0 Å². The number of amides is 1. The van der Waals surface area contributed by atoms with Crippen molar-refractivity contribution in [2.45, 2.75) is 25.7 Å². The monoisotopic (exact) mass is 272 g/mol. The van der Waals surface area contributed by atoms with E-state index in [2.05, 4.69) is 20.8 Å². The largest absolute Gasteiger partial charge is 0.326 e. The summed E-state index contributed by atoms with van der Waals surface area (Å²) in [5.41, 5.74) is 1.83. The Hall–Kier alpha value is -1.88. The Labute approximate surface area is 118 Å². The highest BCUT2D eigenvalue weighted by Crippen LogP contribution is 2.20. The third-order valence-corrected chi connectivity index (χ3v) is 3.96. The van der Waals surface area contributed by atoms with Crippen LogP contribution in [0.5, 0.6) is 0 Å². The number of hydrogen-bond acceptors (Lipinski definition) is 3. The summed E-state index contributed by atoms with van der Waals surface area (Å²) in [5, 5.41) is 14.2. The number of carbonyl (C=O) groups is 1. The van der Waals surface area contributed by atoms with Crippen LogP contribution in [0.3, 0.4) is 0 Å². The highest BCUT2D eigenvalue weighted by atomic mass is 16.1. The lowest BCUT2D eigenvalue weighted by Crippen LogP contribution is -2.28. The average molecular weight is 272 g/mol. The Morgan fingerprint density at radius 1 is 1.35 bits per heavy atom. The fourth-order valence-electron chi connectivity index (χ4n) is 2.75. The Morgan fingerprint density at radius 3 is 3.05 bits per heavy atom. The van der Waals surface area contributed by atoms with Gasteiger partial charge in [0.1, 0.15) is 0 Å². The van der Waals surface area contributed by atoms with Crippen LogP contribution in [-0.2, 0) is 4.79 Å². The van der Waals surface area contributed by atoms with E-state index in [1.807, 2.05) is 18.2 Å². The van der Waals surface area contributed by atoms with Gasteiger partial charge in [0.15, 0.2) is 0 Å². The van der Waals surface area contributed by atoms with E-state index in [-0.39, 0.29) is 5.91 Å². The molecule has 2 heterocycles. The summed E-state index contributed by atoms with van der Waals surface area (Å²) in [6, 6.07) is 5.79. The van der Waals surface area contributed by atoms with Crippen molar-refractivity contribution in [3.8, 4) is 0 Å². The fourth-order valence-corrected chi connectivity index (χ4v) is 2.75. The smallest absolute Gasteiger partial charge is 0.224 e. The van der Waals surface area contributed by atoms with Crippen molar-refractivity contribution >= 4 is 22.5 Å². The van der Waals surface area contributed by atoms with E-state index in [1.165, 1.54) is 12.8 Å². The van der Waals surface area contributed by atoms with E-state index in [1.54, 1.807) is 6.20 Å². The topological polar surface area (TPSA) is 69.8 Å². The van der Waals surface area contributed by atoms with Gasteiger partial charge in [0.25, 0.3) is 0 Å². The van der Waals surface area contributed by atoms with Crippen molar-refractivity contribution in [1.82, 2.24) is 15.5 Å². The third-order valence-electron chi connectivity index (χ3n) is 3.96. The highest BCUT2D eigenvalue weighted by Gasteiger charge is 2.14. The molecule has 5 nitrogen and oxygen atoms in total. The number of carbonyl (C=O) groups excluding carboxylic acids is 1. The minimum absolute atomic E-state index is 0.103. The van der Waals surface area contributed by atoms with Crippen molar-refractivity contribution < 1.29 is 4.79 Å². The zero-order valence-electron chi connectivity index (χ0n) is 11.5. The van der Waals surface area contributed by atoms with Gasteiger partial charge in [-0.2, -0.15) is 5.10 Å². The van der Waals surface area contributed by atoms with Gasteiger partial charge in [-0.25, -0.2) is 0 Å². The molecular formula is C15H20N4O. The number of rotatable bonds is 4. The summed E-state index contributed by atoms with van der Waals surface area (Å²) < 4.78 is 0. The molecule has 20 heavy (non-hydrogen) atoms. The standard InChI is InChI=1S/C15H20N4O/c20-15(4-1-11-5-7-16-8-6-11)18-13-2-3-14-12(9-13)10-17-19-14/h2-3,9-11,16H,1,4-8H2,(H,17,19)(H,18,20). The first kappa shape index (κ1) is 13.1. The predicted molar refractivity (Wildman–Crippen MR) is 79.6 cm³/mol. The molecule has 1 saturated heterocycles. The molecule has 0 unspecified atom stereocenters. The van der Waals surface area contributed by atoms with Crippen LogP contribution in [0.15, 0.2) is 24.4 Å². The van der Waals surface area contributed by atoms with Gasteiger partial charge in [-0.3, -0.25) is 9.89 Å². The van der Waals surface area contributed by atoms with Crippen LogP contribution in [0.4, 0.5) is 5.69 Å². The molecule has 0 radical (unpaired) electrons. The first-order chi connectivity index (χ1) is 9.81. The summed E-state index contributed by atoms with van der Waals surface area (Å²) in [7, 11) is 0. The minimum atomic E-state index is 0.103. The van der Waals surface area contributed by atoms with E-state index in [0.29, 0.717) is 12.3 Å². The molecule has 5 heteroatoms. The molecular weight excluding hydrogens is 252 g/mol. The molecule has 3 N–H and O–H groups in total. The second kappa shape index (κ2) is 6.05. The molecule has 3 rings (SSSR count). The summed E-state index contributed by atoms with van der Waals surface area (Å²) in [6.45, 7) is 2.17. The van der Waals surface area contributed by atoms with Gasteiger partial charge in [0.2, 0.25) is 5.91 Å². The van der Waals surface area contributed by atoms with E-state index in [4.69, 9.17) is 0 Å². The number of aromatic amines is 1. The molecule has 1 amide bonds. The summed E-state index contributed by atoms with van der Waals surface area (Å²) >= 11 is 0. The SMILES string of the molecule is O=C(CCC1CCNCC1)Nc1ccc2[nH]ncc2c1. The Balaban J connectivity index is 1.52. The number of hydrogen-bond donors (Lipinski definition) is 3. The maximum Gasteiger partial charge on any atom is 0.224 e. The van der Waals surface area contributed by atoms with E-state index in [9.17, 15) is 4.79 Å². The molecule has 1 aliphatic heterocycles. The quantitative estimate of drug-likeness (QED) is 0.799. The Morgan fingerprint density at radius 2 is 2.20 bits per heavy atom. The van der Waals surface area contributed by atoms with Crippen LogP contribution in [0.25, 0.3) is 10.9 Å². The van der Waals surface area contributed by atoms with Crippen LogP contribution >= 0.6 is 0 Å². The molecule has 1 aromatic carbocycles. The molecule has 1 fully saturated rings. The second-order valence-electron chi connectivity index (χ2n) is 5.45. The molecule has 0 aliphatic carbocycles. The predicted octanol–water partition coefficient (Wildman–Crippen LogP) is 2.28.